The van der Waals surface area contributed by atoms with Crippen LogP contribution in [0.2, 0.25) is 0 Å². The Morgan fingerprint density at radius 3 is 2.42 bits per heavy atom. The molecule has 2 nitrogen and oxygen atoms in total. The summed E-state index contributed by atoms with van der Waals surface area (Å²) in [4.78, 5) is 3.04. The third kappa shape index (κ3) is 2.21. The van der Waals surface area contributed by atoms with Crippen LogP contribution >= 0.6 is 12.2 Å². The van der Waals surface area contributed by atoms with Crippen molar-refractivity contribution in [1.29, 1.82) is 0 Å². The quantitative estimate of drug-likeness (QED) is 0.666. The van der Waals surface area contributed by atoms with Crippen molar-refractivity contribution >= 4 is 12.2 Å². The fourth-order valence-electron chi connectivity index (χ4n) is 1.15. The molecule has 68 valence electrons. The maximum atomic E-state index is 5.15. The predicted molar refractivity (Wildman–Crippen MR) is 53.8 cm³/mol. The van der Waals surface area contributed by atoms with Crippen LogP contribution in [-0.2, 0) is 6.54 Å². The summed E-state index contributed by atoms with van der Waals surface area (Å²) in [5, 5.41) is 0. The molecule has 1 heterocycles. The van der Waals surface area contributed by atoms with Gasteiger partial charge in [-0.05, 0) is 24.6 Å². The number of imidazole rings is 1. The molecule has 0 saturated heterocycles. The number of aryl methyl sites for hydroxylation is 1. The number of aromatic amines is 1. The summed E-state index contributed by atoms with van der Waals surface area (Å²) in [7, 11) is 0. The van der Waals surface area contributed by atoms with Crippen LogP contribution in [0.4, 0.5) is 0 Å². The Bertz CT molecular complexity index is 314. The highest BCUT2D eigenvalue weighted by Crippen LogP contribution is 2.17. The van der Waals surface area contributed by atoms with Crippen LogP contribution in [0.15, 0.2) is 6.20 Å². The normalized spacial score (nSPS) is 12.0. The molecule has 0 aromatic carbocycles. The molecule has 12 heavy (non-hydrogen) atoms. The van der Waals surface area contributed by atoms with Gasteiger partial charge in [-0.25, -0.2) is 0 Å². The lowest BCUT2D eigenvalue weighted by Gasteiger charge is -2.19. The third-order valence-corrected chi connectivity index (χ3v) is 2.05. The van der Waals surface area contributed by atoms with Gasteiger partial charge in [0.25, 0.3) is 0 Å². The third-order valence-electron chi connectivity index (χ3n) is 1.71. The van der Waals surface area contributed by atoms with E-state index in [1.807, 2.05) is 6.20 Å². The molecule has 0 spiro atoms. The lowest BCUT2D eigenvalue weighted by molar-refractivity contribution is 0.338. The summed E-state index contributed by atoms with van der Waals surface area (Å²) >= 11 is 5.15. The number of aromatic nitrogens is 2. The predicted octanol–water partition coefficient (Wildman–Crippen LogP) is 2.90. The molecule has 0 bridgehead atoms. The minimum atomic E-state index is 0.283. The van der Waals surface area contributed by atoms with Crippen LogP contribution in [0.3, 0.4) is 0 Å². The molecular formula is C9H16N2S. The van der Waals surface area contributed by atoms with E-state index < -0.39 is 0 Å². The monoisotopic (exact) mass is 184 g/mol. The summed E-state index contributed by atoms with van der Waals surface area (Å²) in [6, 6.07) is 0. The smallest absolute Gasteiger partial charge is 0.177 e. The van der Waals surface area contributed by atoms with E-state index in [0.29, 0.717) is 0 Å². The molecule has 1 aromatic heterocycles. The topological polar surface area (TPSA) is 20.7 Å². The standard InChI is InChI=1S/C9H16N2S/c1-7-5-10-8(12)11(7)6-9(2,3)4/h5H,6H2,1-4H3,(H,10,12). The van der Waals surface area contributed by atoms with Gasteiger partial charge < -0.3 is 9.55 Å². The van der Waals surface area contributed by atoms with Crippen molar-refractivity contribution in [2.24, 2.45) is 5.41 Å². The van der Waals surface area contributed by atoms with Gasteiger partial charge in [-0.3, -0.25) is 0 Å². The molecular weight excluding hydrogens is 168 g/mol. The van der Waals surface area contributed by atoms with E-state index in [1.54, 1.807) is 0 Å². The number of nitrogens with one attached hydrogen (secondary N) is 1. The van der Waals surface area contributed by atoms with E-state index in [9.17, 15) is 0 Å². The zero-order valence-corrected chi connectivity index (χ0v) is 8.96. The maximum Gasteiger partial charge on any atom is 0.177 e. The summed E-state index contributed by atoms with van der Waals surface area (Å²) in [6.45, 7) is 9.67. The summed E-state index contributed by atoms with van der Waals surface area (Å²) in [6.07, 6.45) is 1.95. The molecule has 0 fully saturated rings. The van der Waals surface area contributed by atoms with Gasteiger partial charge in [-0.15, -0.1) is 0 Å². The van der Waals surface area contributed by atoms with Crippen LogP contribution in [0.5, 0.6) is 0 Å². The Morgan fingerprint density at radius 1 is 1.50 bits per heavy atom. The largest absolute Gasteiger partial charge is 0.337 e. The fraction of sp³-hybridized carbons (Fsp3) is 0.667. The zero-order valence-electron chi connectivity index (χ0n) is 8.14. The Hall–Kier alpha value is -0.570. The first-order valence-electron chi connectivity index (χ1n) is 4.15. The van der Waals surface area contributed by atoms with Crippen LogP contribution in [0.25, 0.3) is 0 Å². The van der Waals surface area contributed by atoms with Gasteiger partial charge in [0.2, 0.25) is 0 Å². The number of nitrogens with zero attached hydrogens (tertiary/aromatic N) is 1. The van der Waals surface area contributed by atoms with E-state index >= 15 is 0 Å². The van der Waals surface area contributed by atoms with E-state index in [4.69, 9.17) is 12.2 Å². The van der Waals surface area contributed by atoms with E-state index in [2.05, 4.69) is 37.2 Å². The summed E-state index contributed by atoms with van der Waals surface area (Å²) in [5.41, 5.74) is 1.49. The molecule has 0 aliphatic rings. The fourth-order valence-corrected chi connectivity index (χ4v) is 1.42. The van der Waals surface area contributed by atoms with Crippen molar-refractivity contribution in [2.45, 2.75) is 34.2 Å². The molecule has 0 saturated carbocycles. The lowest BCUT2D eigenvalue weighted by Crippen LogP contribution is -2.16. The number of hydrogen-bond donors (Lipinski definition) is 1. The Kier molecular flexibility index (Phi) is 2.42. The molecule has 0 aliphatic carbocycles. The van der Waals surface area contributed by atoms with Crippen LogP contribution in [0, 0.1) is 17.1 Å². The zero-order chi connectivity index (χ0) is 9.35. The van der Waals surface area contributed by atoms with Crippen molar-refractivity contribution in [1.82, 2.24) is 9.55 Å². The van der Waals surface area contributed by atoms with Crippen LogP contribution < -0.4 is 0 Å². The average molecular weight is 184 g/mol. The number of H-pyrrole nitrogens is 1. The van der Waals surface area contributed by atoms with E-state index in [1.165, 1.54) is 5.69 Å². The first-order chi connectivity index (χ1) is 5.40. The molecule has 0 amide bonds. The molecule has 1 aromatic rings. The summed E-state index contributed by atoms with van der Waals surface area (Å²) in [5.74, 6) is 0. The SMILES string of the molecule is Cc1c[nH]c(=S)n1CC(C)(C)C. The van der Waals surface area contributed by atoms with Crippen molar-refractivity contribution in [3.8, 4) is 0 Å². The van der Waals surface area contributed by atoms with Gasteiger partial charge in [0.15, 0.2) is 4.77 Å². The number of hydrogen-bond acceptors (Lipinski definition) is 1. The van der Waals surface area contributed by atoms with E-state index in [0.717, 1.165) is 11.3 Å². The van der Waals surface area contributed by atoms with Crippen LogP contribution in [0.1, 0.15) is 26.5 Å². The number of rotatable bonds is 1. The molecule has 0 radical (unpaired) electrons. The molecule has 3 heteroatoms. The highest BCUT2D eigenvalue weighted by Gasteiger charge is 2.12. The molecule has 0 unspecified atom stereocenters. The second kappa shape index (κ2) is 3.05. The first-order valence-corrected chi connectivity index (χ1v) is 4.56. The second-order valence-electron chi connectivity index (χ2n) is 4.38. The first kappa shape index (κ1) is 9.52. The van der Waals surface area contributed by atoms with Crippen molar-refractivity contribution in [2.75, 3.05) is 0 Å². The van der Waals surface area contributed by atoms with Crippen molar-refractivity contribution in [3.63, 3.8) is 0 Å². The van der Waals surface area contributed by atoms with Crippen LogP contribution in [-0.4, -0.2) is 9.55 Å². The van der Waals surface area contributed by atoms with Gasteiger partial charge in [0.1, 0.15) is 0 Å². The van der Waals surface area contributed by atoms with Gasteiger partial charge >= 0.3 is 0 Å². The van der Waals surface area contributed by atoms with Gasteiger partial charge in [-0.2, -0.15) is 0 Å². The average Bonchev–Trinajstić information content (AvgIpc) is 2.16. The summed E-state index contributed by atoms with van der Waals surface area (Å²) < 4.78 is 2.96. The second-order valence-corrected chi connectivity index (χ2v) is 4.77. The highest BCUT2D eigenvalue weighted by molar-refractivity contribution is 7.71. The molecule has 1 N–H and O–H groups in total. The van der Waals surface area contributed by atoms with E-state index in [-0.39, 0.29) is 5.41 Å². The Morgan fingerprint density at radius 2 is 2.08 bits per heavy atom. The molecule has 0 aliphatic heterocycles. The highest BCUT2D eigenvalue weighted by atomic mass is 32.1. The lowest BCUT2D eigenvalue weighted by atomic mass is 9.97. The van der Waals surface area contributed by atoms with Gasteiger partial charge in [0, 0.05) is 18.4 Å². The molecule has 1 rings (SSSR count). The maximum absolute atomic E-state index is 5.15. The van der Waals surface area contributed by atoms with Gasteiger partial charge in [-0.1, -0.05) is 20.8 Å². The minimum absolute atomic E-state index is 0.283. The minimum Gasteiger partial charge on any atom is -0.337 e. The Labute approximate surface area is 78.6 Å². The van der Waals surface area contributed by atoms with Crippen molar-refractivity contribution in [3.05, 3.63) is 16.7 Å². The van der Waals surface area contributed by atoms with Crippen molar-refractivity contribution < 1.29 is 0 Å². The molecule has 0 atom stereocenters. The Balaban J connectivity index is 2.96. The van der Waals surface area contributed by atoms with Gasteiger partial charge in [0.05, 0.1) is 0 Å².